The van der Waals surface area contributed by atoms with E-state index in [1.165, 1.54) is 19.1 Å². The van der Waals surface area contributed by atoms with Crippen LogP contribution in [0, 0.1) is 10.1 Å². The number of nitrogens with zero attached hydrogens (tertiary/aromatic N) is 1. The van der Waals surface area contributed by atoms with Gasteiger partial charge in [-0.05, 0) is 12.5 Å². The molecule has 0 spiro atoms. The van der Waals surface area contributed by atoms with Gasteiger partial charge in [0.1, 0.15) is 6.04 Å². The smallest absolute Gasteiger partial charge is 0.328 e. The van der Waals surface area contributed by atoms with E-state index in [0.29, 0.717) is 5.56 Å². The normalized spacial score (nSPS) is 11.5. The largest absolute Gasteiger partial charge is 0.464 e. The lowest BCUT2D eigenvalue weighted by atomic mass is 10.1. The van der Waals surface area contributed by atoms with E-state index in [9.17, 15) is 19.7 Å². The molecule has 0 bridgehead atoms. The molecule has 0 aliphatic rings. The molecule has 0 saturated heterocycles. The van der Waals surface area contributed by atoms with Gasteiger partial charge in [0.2, 0.25) is 5.91 Å². The molecule has 7 heteroatoms. The Kier molecular flexibility index (Phi) is 5.64. The number of benzene rings is 1. The first-order chi connectivity index (χ1) is 9.43. The summed E-state index contributed by atoms with van der Waals surface area (Å²) in [5.74, 6) is -0.869. The zero-order valence-corrected chi connectivity index (χ0v) is 11.3. The number of rotatable bonds is 6. The first kappa shape index (κ1) is 15.6. The fourth-order valence-electron chi connectivity index (χ4n) is 1.67. The van der Waals surface area contributed by atoms with Crippen molar-refractivity contribution in [2.45, 2.75) is 26.3 Å². The third kappa shape index (κ3) is 4.68. The van der Waals surface area contributed by atoms with Gasteiger partial charge in [0, 0.05) is 25.5 Å². The third-order valence-electron chi connectivity index (χ3n) is 2.54. The predicted molar refractivity (Wildman–Crippen MR) is 71.0 cm³/mol. The first-order valence-electron chi connectivity index (χ1n) is 6.11. The molecule has 1 atom stereocenters. The van der Waals surface area contributed by atoms with E-state index in [0.717, 1.165) is 0 Å². The van der Waals surface area contributed by atoms with Crippen molar-refractivity contribution in [1.82, 2.24) is 5.32 Å². The van der Waals surface area contributed by atoms with Crippen LogP contribution in [-0.4, -0.2) is 29.4 Å². The number of esters is 1. The molecule has 1 aromatic carbocycles. The highest BCUT2D eigenvalue weighted by molar-refractivity contribution is 5.83. The Bertz CT molecular complexity index is 498. The summed E-state index contributed by atoms with van der Waals surface area (Å²) in [4.78, 5) is 32.8. The van der Waals surface area contributed by atoms with E-state index in [4.69, 9.17) is 4.74 Å². The Labute approximate surface area is 116 Å². The van der Waals surface area contributed by atoms with Gasteiger partial charge in [0.15, 0.2) is 0 Å². The number of hydrogen-bond donors (Lipinski definition) is 1. The number of carbonyl (C=O) groups is 2. The fraction of sp³-hybridized carbons (Fsp3) is 0.385. The second-order valence-electron chi connectivity index (χ2n) is 4.13. The molecule has 0 unspecified atom stereocenters. The van der Waals surface area contributed by atoms with Crippen LogP contribution in [0.25, 0.3) is 0 Å². The average molecular weight is 280 g/mol. The minimum atomic E-state index is -0.797. The van der Waals surface area contributed by atoms with Gasteiger partial charge < -0.3 is 10.1 Å². The first-order valence-corrected chi connectivity index (χ1v) is 6.11. The van der Waals surface area contributed by atoms with Gasteiger partial charge in [-0.2, -0.15) is 0 Å². The molecule has 7 nitrogen and oxygen atoms in total. The van der Waals surface area contributed by atoms with Crippen LogP contribution in [0.2, 0.25) is 0 Å². The van der Waals surface area contributed by atoms with Crippen molar-refractivity contribution in [2.75, 3.05) is 6.61 Å². The summed E-state index contributed by atoms with van der Waals surface area (Å²) in [7, 11) is 0. The van der Waals surface area contributed by atoms with Gasteiger partial charge >= 0.3 is 5.97 Å². The van der Waals surface area contributed by atoms with Crippen LogP contribution in [0.4, 0.5) is 5.69 Å². The number of nitro groups is 1. The van der Waals surface area contributed by atoms with E-state index >= 15 is 0 Å². The molecule has 1 rings (SSSR count). The fourth-order valence-corrected chi connectivity index (χ4v) is 1.67. The van der Waals surface area contributed by atoms with Crippen LogP contribution in [0.3, 0.4) is 0 Å². The van der Waals surface area contributed by atoms with Gasteiger partial charge in [-0.1, -0.05) is 12.1 Å². The van der Waals surface area contributed by atoms with Gasteiger partial charge in [-0.15, -0.1) is 0 Å². The molecular formula is C13H16N2O5. The minimum Gasteiger partial charge on any atom is -0.464 e. The highest BCUT2D eigenvalue weighted by Gasteiger charge is 2.21. The highest BCUT2D eigenvalue weighted by Crippen LogP contribution is 2.13. The van der Waals surface area contributed by atoms with E-state index in [-0.39, 0.29) is 24.6 Å². The maximum absolute atomic E-state index is 11.7. The molecule has 0 aliphatic carbocycles. The minimum absolute atomic E-state index is 0.0269. The van der Waals surface area contributed by atoms with Crippen molar-refractivity contribution in [2.24, 2.45) is 0 Å². The number of hydrogen-bond acceptors (Lipinski definition) is 5. The number of non-ortho nitro benzene ring substituents is 1. The van der Waals surface area contributed by atoms with Gasteiger partial charge in [0.25, 0.3) is 5.69 Å². The molecule has 108 valence electrons. The zero-order valence-electron chi connectivity index (χ0n) is 11.3. The number of ether oxygens (including phenoxy) is 1. The van der Waals surface area contributed by atoms with Crippen LogP contribution in [0.1, 0.15) is 19.4 Å². The van der Waals surface area contributed by atoms with Crippen LogP contribution >= 0.6 is 0 Å². The average Bonchev–Trinajstić information content (AvgIpc) is 2.38. The summed E-state index contributed by atoms with van der Waals surface area (Å²) in [6, 6.07) is 5.00. The molecule has 0 aromatic heterocycles. The van der Waals surface area contributed by atoms with E-state index in [1.807, 2.05) is 0 Å². The topological polar surface area (TPSA) is 98.5 Å². The molecular weight excluding hydrogens is 264 g/mol. The summed E-state index contributed by atoms with van der Waals surface area (Å²) in [5, 5.41) is 13.1. The van der Waals surface area contributed by atoms with E-state index in [1.54, 1.807) is 19.1 Å². The lowest BCUT2D eigenvalue weighted by molar-refractivity contribution is -0.384. The Balaban J connectivity index is 2.80. The lowest BCUT2D eigenvalue weighted by Crippen LogP contribution is -2.42. The highest BCUT2D eigenvalue weighted by atomic mass is 16.6. The summed E-state index contributed by atoms with van der Waals surface area (Å²) in [5.41, 5.74) is 0.670. The van der Waals surface area contributed by atoms with Crippen LogP contribution < -0.4 is 5.32 Å². The molecule has 1 aromatic rings. The van der Waals surface area contributed by atoms with Gasteiger partial charge in [0.05, 0.1) is 11.5 Å². The molecule has 1 N–H and O–H groups in total. The standard InChI is InChI=1S/C13H16N2O5/c1-3-20-13(17)12(14-9(2)16)8-10-4-6-11(7-5-10)15(18)19/h4-7,12H,3,8H2,1-2H3,(H,14,16)/t12-/m0/s1. The molecule has 0 fully saturated rings. The van der Waals surface area contributed by atoms with Crippen molar-refractivity contribution in [1.29, 1.82) is 0 Å². The SMILES string of the molecule is CCOC(=O)[C@H](Cc1ccc([N+](=O)[O-])cc1)NC(C)=O. The Morgan fingerprint density at radius 3 is 2.40 bits per heavy atom. The monoisotopic (exact) mass is 280 g/mol. The molecule has 0 radical (unpaired) electrons. The second-order valence-corrected chi connectivity index (χ2v) is 4.13. The molecule has 0 aliphatic heterocycles. The maximum Gasteiger partial charge on any atom is 0.328 e. The maximum atomic E-state index is 11.7. The summed E-state index contributed by atoms with van der Waals surface area (Å²) in [6.07, 6.45) is 0.219. The number of nitro benzene ring substituents is 1. The molecule has 0 saturated carbocycles. The van der Waals surface area contributed by atoms with Gasteiger partial charge in [-0.3, -0.25) is 14.9 Å². The van der Waals surface area contributed by atoms with E-state index in [2.05, 4.69) is 5.32 Å². The second kappa shape index (κ2) is 7.22. The Morgan fingerprint density at radius 2 is 1.95 bits per heavy atom. The van der Waals surface area contributed by atoms with Crippen molar-refractivity contribution < 1.29 is 19.2 Å². The van der Waals surface area contributed by atoms with E-state index < -0.39 is 16.9 Å². The van der Waals surface area contributed by atoms with Crippen LogP contribution in [0.5, 0.6) is 0 Å². The van der Waals surface area contributed by atoms with Crippen molar-refractivity contribution in [3.05, 3.63) is 39.9 Å². The van der Waals surface area contributed by atoms with Crippen LogP contribution in [-0.2, 0) is 20.7 Å². The van der Waals surface area contributed by atoms with Gasteiger partial charge in [-0.25, -0.2) is 4.79 Å². The summed E-state index contributed by atoms with van der Waals surface area (Å²) < 4.78 is 4.88. The quantitative estimate of drug-likeness (QED) is 0.479. The van der Waals surface area contributed by atoms with Crippen molar-refractivity contribution >= 4 is 17.6 Å². The Morgan fingerprint density at radius 1 is 1.35 bits per heavy atom. The van der Waals surface area contributed by atoms with Crippen molar-refractivity contribution in [3.63, 3.8) is 0 Å². The lowest BCUT2D eigenvalue weighted by Gasteiger charge is -2.16. The van der Waals surface area contributed by atoms with Crippen LogP contribution in [0.15, 0.2) is 24.3 Å². The van der Waals surface area contributed by atoms with Crippen molar-refractivity contribution in [3.8, 4) is 0 Å². The molecule has 1 amide bonds. The summed E-state index contributed by atoms with van der Waals surface area (Å²) in [6.45, 7) is 3.20. The number of amides is 1. The Hall–Kier alpha value is -2.44. The molecule has 20 heavy (non-hydrogen) atoms. The number of carbonyl (C=O) groups excluding carboxylic acids is 2. The molecule has 0 heterocycles. The summed E-state index contributed by atoms with van der Waals surface area (Å²) >= 11 is 0. The third-order valence-corrected chi connectivity index (χ3v) is 2.54. The number of nitrogens with one attached hydrogen (secondary N) is 1. The zero-order chi connectivity index (χ0) is 15.1. The predicted octanol–water partition coefficient (Wildman–Crippen LogP) is 1.21.